The molecule has 28 heavy (non-hydrogen) atoms. The van der Waals surface area contributed by atoms with E-state index in [2.05, 4.69) is 25.7 Å². The number of aromatic nitrogens is 2. The van der Waals surface area contributed by atoms with Crippen molar-refractivity contribution < 1.29 is 9.90 Å². The summed E-state index contributed by atoms with van der Waals surface area (Å²) in [5.74, 6) is -0.516. The third-order valence-corrected chi connectivity index (χ3v) is 4.72. The monoisotopic (exact) mass is 413 g/mol. The van der Waals surface area contributed by atoms with Gasteiger partial charge in [0, 0.05) is 23.2 Å². The van der Waals surface area contributed by atoms with E-state index in [-0.39, 0.29) is 17.2 Å². The normalized spacial score (nSPS) is 12.1. The van der Waals surface area contributed by atoms with Crippen molar-refractivity contribution in [3.8, 4) is 10.6 Å². The number of allylic oxidation sites excluding steroid dienone is 2. The number of aliphatic hydroxyl groups is 1. The summed E-state index contributed by atoms with van der Waals surface area (Å²) in [7, 11) is 0. The number of halogens is 1. The van der Waals surface area contributed by atoms with Crippen molar-refractivity contribution in [3.63, 3.8) is 0 Å². The fourth-order valence-corrected chi connectivity index (χ4v) is 3.12. The topological polar surface area (TPSA) is 99.8 Å². The molecular weight excluding hydrogens is 398 g/mol. The number of Topliss-reactive ketones (excluding diaryl/α,β-unsaturated/α-hetero) is 1. The predicted octanol–water partition coefficient (Wildman–Crippen LogP) is 6.06. The maximum absolute atomic E-state index is 11.4. The van der Waals surface area contributed by atoms with Gasteiger partial charge in [-0.25, -0.2) is 0 Å². The van der Waals surface area contributed by atoms with E-state index in [0.717, 1.165) is 16.3 Å². The van der Waals surface area contributed by atoms with Crippen LogP contribution in [0.25, 0.3) is 10.6 Å². The lowest BCUT2D eigenvalue weighted by Gasteiger charge is -2.00. The van der Waals surface area contributed by atoms with E-state index in [1.54, 1.807) is 24.3 Å². The third-order valence-electron chi connectivity index (χ3n) is 3.58. The van der Waals surface area contributed by atoms with E-state index >= 15 is 0 Å². The molecule has 3 aromatic rings. The number of azo groups is 1. The van der Waals surface area contributed by atoms with Crippen molar-refractivity contribution in [2.24, 2.45) is 10.2 Å². The molecule has 1 heterocycles. The minimum absolute atomic E-state index is 0.0638. The fourth-order valence-electron chi connectivity index (χ4n) is 2.22. The summed E-state index contributed by atoms with van der Waals surface area (Å²) in [5.41, 5.74) is 2.23. The maximum atomic E-state index is 11.4. The summed E-state index contributed by atoms with van der Waals surface area (Å²) in [4.78, 5) is 11.4. The largest absolute Gasteiger partial charge is 0.510 e. The number of ketones is 1. The highest BCUT2D eigenvalue weighted by molar-refractivity contribution is 7.18. The van der Waals surface area contributed by atoms with Crippen molar-refractivity contribution in [1.29, 1.82) is 0 Å². The summed E-state index contributed by atoms with van der Waals surface area (Å²) < 4.78 is 0. The van der Waals surface area contributed by atoms with E-state index in [4.69, 9.17) is 11.6 Å². The first-order chi connectivity index (χ1) is 13.4. The molecule has 3 rings (SSSR count). The zero-order valence-corrected chi connectivity index (χ0v) is 16.6. The molecule has 0 aliphatic carbocycles. The first-order valence-corrected chi connectivity index (χ1v) is 9.41. The Morgan fingerprint density at radius 2 is 1.75 bits per heavy atom. The van der Waals surface area contributed by atoms with Crippen LogP contribution >= 0.6 is 22.9 Å². The summed E-state index contributed by atoms with van der Waals surface area (Å²) in [6.45, 7) is 2.71. The van der Waals surface area contributed by atoms with Crippen LogP contribution in [0.5, 0.6) is 0 Å². The third kappa shape index (κ3) is 4.99. The average molecular weight is 414 g/mol. The highest BCUT2D eigenvalue weighted by atomic mass is 35.5. The Kier molecular flexibility index (Phi) is 6.13. The lowest BCUT2D eigenvalue weighted by molar-refractivity contribution is -0.113. The van der Waals surface area contributed by atoms with Crippen molar-refractivity contribution in [3.05, 3.63) is 65.0 Å². The van der Waals surface area contributed by atoms with Gasteiger partial charge in [-0.05, 0) is 55.5 Å². The molecule has 1 aromatic heterocycles. The number of carbonyl (C=O) groups is 1. The first kappa shape index (κ1) is 19.7. The number of carbonyl (C=O) groups excluding carboxylic acids is 1. The minimum atomic E-state index is -0.352. The standard InChI is InChI=1S/C19H16ClN5O2S/c1-11(26)17(12(2)27)23-22-16-7-3-13(4-8-16)18-24-25-19(28-18)21-15-9-5-14(20)6-10-15/h3-10,26H,1-2H3,(H,21,25)/b17-11-,23-22?. The van der Waals surface area contributed by atoms with Crippen molar-refractivity contribution in [2.75, 3.05) is 5.32 Å². The van der Waals surface area contributed by atoms with Gasteiger partial charge in [-0.1, -0.05) is 22.9 Å². The molecule has 142 valence electrons. The van der Waals surface area contributed by atoms with Crippen LogP contribution in [-0.2, 0) is 4.79 Å². The smallest absolute Gasteiger partial charge is 0.210 e. The number of rotatable bonds is 6. The fraction of sp³-hybridized carbons (Fsp3) is 0.105. The molecule has 0 aliphatic rings. The quantitative estimate of drug-likeness (QED) is 0.290. The average Bonchev–Trinajstić information content (AvgIpc) is 3.12. The van der Waals surface area contributed by atoms with Crippen LogP contribution in [0.3, 0.4) is 0 Å². The molecule has 0 fully saturated rings. The SMILES string of the molecule is CC(=O)/C(N=Nc1ccc(-c2nnc(Nc3ccc(Cl)cc3)s2)cc1)=C(\C)O. The van der Waals surface area contributed by atoms with Crippen LogP contribution in [0.4, 0.5) is 16.5 Å². The summed E-state index contributed by atoms with van der Waals surface area (Å²) in [6, 6.07) is 14.5. The Bertz CT molecular complexity index is 1040. The summed E-state index contributed by atoms with van der Waals surface area (Å²) >= 11 is 7.29. The lowest BCUT2D eigenvalue weighted by Crippen LogP contribution is -1.96. The van der Waals surface area contributed by atoms with Gasteiger partial charge in [0.1, 0.15) is 10.8 Å². The van der Waals surface area contributed by atoms with E-state index in [1.165, 1.54) is 25.2 Å². The second-order valence-electron chi connectivity index (χ2n) is 5.78. The zero-order valence-electron chi connectivity index (χ0n) is 15.0. The van der Waals surface area contributed by atoms with Gasteiger partial charge < -0.3 is 10.4 Å². The van der Waals surface area contributed by atoms with E-state index in [0.29, 0.717) is 15.8 Å². The number of anilines is 2. The Hall–Kier alpha value is -3.10. The van der Waals surface area contributed by atoms with Crippen LogP contribution in [0.2, 0.25) is 5.02 Å². The number of hydrogen-bond donors (Lipinski definition) is 2. The first-order valence-electron chi connectivity index (χ1n) is 8.21. The lowest BCUT2D eigenvalue weighted by atomic mass is 10.2. The summed E-state index contributed by atoms with van der Waals surface area (Å²) in [5, 5.41) is 30.8. The molecule has 7 nitrogen and oxygen atoms in total. The molecule has 0 amide bonds. The van der Waals surface area contributed by atoms with E-state index in [9.17, 15) is 9.90 Å². The van der Waals surface area contributed by atoms with Gasteiger partial charge in [0.05, 0.1) is 5.69 Å². The number of benzene rings is 2. The number of aliphatic hydroxyl groups excluding tert-OH is 1. The van der Waals surface area contributed by atoms with Crippen LogP contribution < -0.4 is 5.32 Å². The predicted molar refractivity (Wildman–Crippen MR) is 111 cm³/mol. The Balaban J connectivity index is 1.72. The van der Waals surface area contributed by atoms with Gasteiger partial charge in [0.25, 0.3) is 0 Å². The molecule has 0 atom stereocenters. The molecule has 0 unspecified atom stereocenters. The minimum Gasteiger partial charge on any atom is -0.510 e. The molecule has 0 bridgehead atoms. The van der Waals surface area contributed by atoms with Gasteiger partial charge in [-0.3, -0.25) is 4.79 Å². The van der Waals surface area contributed by atoms with Crippen molar-refractivity contribution >= 4 is 45.2 Å². The van der Waals surface area contributed by atoms with E-state index < -0.39 is 0 Å². The van der Waals surface area contributed by atoms with Gasteiger partial charge >= 0.3 is 0 Å². The second kappa shape index (κ2) is 8.73. The second-order valence-corrected chi connectivity index (χ2v) is 7.20. The molecule has 2 aromatic carbocycles. The Morgan fingerprint density at radius 1 is 1.07 bits per heavy atom. The molecule has 9 heteroatoms. The number of hydrogen-bond acceptors (Lipinski definition) is 8. The van der Waals surface area contributed by atoms with Crippen LogP contribution in [0.1, 0.15) is 13.8 Å². The molecule has 0 spiro atoms. The molecule has 0 aliphatic heterocycles. The van der Waals surface area contributed by atoms with Crippen LogP contribution in [-0.4, -0.2) is 21.1 Å². The summed E-state index contributed by atoms with van der Waals surface area (Å²) in [6.07, 6.45) is 0. The Labute approximate surface area is 170 Å². The molecule has 0 saturated carbocycles. The molecule has 0 radical (unpaired) electrons. The number of nitrogens with one attached hydrogen (secondary N) is 1. The highest BCUT2D eigenvalue weighted by Crippen LogP contribution is 2.30. The molecule has 2 N–H and O–H groups in total. The van der Waals surface area contributed by atoms with Gasteiger partial charge in [-0.2, -0.15) is 5.11 Å². The van der Waals surface area contributed by atoms with E-state index in [1.807, 2.05) is 24.3 Å². The number of nitrogens with zero attached hydrogens (tertiary/aromatic N) is 4. The molecular formula is C19H16ClN5O2S. The van der Waals surface area contributed by atoms with Crippen molar-refractivity contribution in [2.45, 2.75) is 13.8 Å². The molecule has 0 saturated heterocycles. The van der Waals surface area contributed by atoms with Crippen LogP contribution in [0, 0.1) is 0 Å². The highest BCUT2D eigenvalue weighted by Gasteiger charge is 2.08. The zero-order chi connectivity index (χ0) is 20.1. The maximum Gasteiger partial charge on any atom is 0.210 e. The van der Waals surface area contributed by atoms with Crippen molar-refractivity contribution in [1.82, 2.24) is 10.2 Å². The Morgan fingerprint density at radius 3 is 2.36 bits per heavy atom. The van der Waals surface area contributed by atoms with Gasteiger partial charge in [-0.15, -0.1) is 15.3 Å². The van der Waals surface area contributed by atoms with Gasteiger partial charge in [0.15, 0.2) is 11.5 Å². The van der Waals surface area contributed by atoms with Gasteiger partial charge in [0.2, 0.25) is 5.13 Å². The van der Waals surface area contributed by atoms with Crippen LogP contribution in [0.15, 0.2) is 70.2 Å².